The van der Waals surface area contributed by atoms with Crippen LogP contribution in [-0.2, 0) is 11.3 Å². The van der Waals surface area contributed by atoms with Crippen LogP contribution >= 0.6 is 0 Å². The summed E-state index contributed by atoms with van der Waals surface area (Å²) in [5.74, 6) is -0.729. The third-order valence-electron chi connectivity index (χ3n) is 3.12. The van der Waals surface area contributed by atoms with E-state index < -0.39 is 5.97 Å². The Bertz CT molecular complexity index is 399. The number of hydrogen-bond donors (Lipinski definition) is 1. The monoisotopic (exact) mass is 267 g/mol. The summed E-state index contributed by atoms with van der Waals surface area (Å²) >= 11 is 0. The third-order valence-corrected chi connectivity index (χ3v) is 3.12. The van der Waals surface area contributed by atoms with E-state index in [-0.39, 0.29) is 6.42 Å². The lowest BCUT2D eigenvalue weighted by Gasteiger charge is -2.25. The van der Waals surface area contributed by atoms with Crippen LogP contribution < -0.4 is 0 Å². The molecule has 0 aliphatic carbocycles. The Labute approximate surface area is 115 Å². The second kappa shape index (κ2) is 7.28. The molecule has 108 valence electrons. The Morgan fingerprint density at radius 2 is 2.11 bits per heavy atom. The van der Waals surface area contributed by atoms with E-state index in [1.165, 1.54) is 0 Å². The maximum Gasteiger partial charge on any atom is 0.303 e. The lowest BCUT2D eigenvalue weighted by Crippen LogP contribution is -2.31. The van der Waals surface area contributed by atoms with E-state index in [4.69, 9.17) is 5.11 Å². The van der Waals surface area contributed by atoms with Crippen LogP contribution in [0.15, 0.2) is 12.3 Å². The van der Waals surface area contributed by atoms with Crippen LogP contribution in [0, 0.1) is 0 Å². The summed E-state index contributed by atoms with van der Waals surface area (Å²) < 4.78 is 1.95. The van der Waals surface area contributed by atoms with Gasteiger partial charge in [0.2, 0.25) is 0 Å². The molecule has 0 fully saturated rings. The highest BCUT2D eigenvalue weighted by molar-refractivity contribution is 5.66. The fraction of sp³-hybridized carbons (Fsp3) is 0.714. The van der Waals surface area contributed by atoms with Crippen molar-refractivity contribution in [1.29, 1.82) is 0 Å². The van der Waals surface area contributed by atoms with E-state index in [0.29, 0.717) is 18.5 Å². The molecular formula is C14H25N3O2. The summed E-state index contributed by atoms with van der Waals surface area (Å²) in [5.41, 5.74) is 1.04. The van der Waals surface area contributed by atoms with Crippen LogP contribution in [-0.4, -0.2) is 38.3 Å². The van der Waals surface area contributed by atoms with Gasteiger partial charge in [-0.15, -0.1) is 0 Å². The maximum absolute atomic E-state index is 10.6. The fourth-order valence-corrected chi connectivity index (χ4v) is 1.91. The van der Waals surface area contributed by atoms with Crippen molar-refractivity contribution < 1.29 is 9.90 Å². The van der Waals surface area contributed by atoms with Gasteiger partial charge in [0.15, 0.2) is 0 Å². The van der Waals surface area contributed by atoms with Crippen LogP contribution in [0.25, 0.3) is 0 Å². The first kappa shape index (κ1) is 15.7. The molecule has 5 heteroatoms. The van der Waals surface area contributed by atoms with Crippen LogP contribution in [0.3, 0.4) is 0 Å². The van der Waals surface area contributed by atoms with Gasteiger partial charge in [-0.3, -0.25) is 14.4 Å². The number of carboxylic acid groups (broad SMARTS) is 1. The molecule has 0 aromatic carbocycles. The Balaban J connectivity index is 2.54. The average molecular weight is 267 g/mol. The lowest BCUT2D eigenvalue weighted by atomic mass is 10.2. The first-order valence-corrected chi connectivity index (χ1v) is 6.90. The predicted octanol–water partition coefficient (Wildman–Crippen LogP) is 2.54. The van der Waals surface area contributed by atoms with Crippen LogP contribution in [0.2, 0.25) is 0 Å². The van der Waals surface area contributed by atoms with Gasteiger partial charge in [-0.1, -0.05) is 0 Å². The zero-order chi connectivity index (χ0) is 14.4. The minimum Gasteiger partial charge on any atom is -0.481 e. The standard InChI is InChI=1S/C14H25N3O2/c1-11(2)16(8-5-6-14(18)19)10-13-7-9-17(15-13)12(3)4/h7,9,11-12H,5-6,8,10H2,1-4H3,(H,18,19). The quantitative estimate of drug-likeness (QED) is 0.786. The van der Waals surface area contributed by atoms with Crippen LogP contribution in [0.4, 0.5) is 0 Å². The van der Waals surface area contributed by atoms with E-state index in [1.54, 1.807) is 0 Å². The summed E-state index contributed by atoms with van der Waals surface area (Å²) in [6.07, 6.45) is 2.90. The molecule has 0 radical (unpaired) electrons. The highest BCUT2D eigenvalue weighted by Crippen LogP contribution is 2.10. The maximum atomic E-state index is 10.6. The average Bonchev–Trinajstić information content (AvgIpc) is 2.75. The first-order chi connectivity index (χ1) is 8.90. The zero-order valence-corrected chi connectivity index (χ0v) is 12.3. The second-order valence-corrected chi connectivity index (χ2v) is 5.44. The number of aromatic nitrogens is 2. The molecule has 1 aromatic heterocycles. The van der Waals surface area contributed by atoms with E-state index in [2.05, 4.69) is 37.7 Å². The molecule has 0 bridgehead atoms. The summed E-state index contributed by atoms with van der Waals surface area (Å²) in [6.45, 7) is 10.0. The molecule has 1 aromatic rings. The molecule has 1 N–H and O–H groups in total. The van der Waals surface area contributed by atoms with E-state index in [9.17, 15) is 4.79 Å². The normalized spacial score (nSPS) is 11.7. The molecule has 5 nitrogen and oxygen atoms in total. The number of rotatable bonds is 8. The highest BCUT2D eigenvalue weighted by atomic mass is 16.4. The van der Waals surface area contributed by atoms with Crippen molar-refractivity contribution in [2.75, 3.05) is 6.54 Å². The van der Waals surface area contributed by atoms with Gasteiger partial charge in [-0.25, -0.2) is 0 Å². The Morgan fingerprint density at radius 3 is 2.58 bits per heavy atom. The first-order valence-electron chi connectivity index (χ1n) is 6.90. The molecule has 0 unspecified atom stereocenters. The molecule has 0 saturated heterocycles. The van der Waals surface area contributed by atoms with Crippen molar-refractivity contribution in [2.45, 2.75) is 59.2 Å². The van der Waals surface area contributed by atoms with Gasteiger partial charge < -0.3 is 5.11 Å². The highest BCUT2D eigenvalue weighted by Gasteiger charge is 2.12. The SMILES string of the molecule is CC(C)N(CCCC(=O)O)Cc1ccn(C(C)C)n1. The Hall–Kier alpha value is -1.36. The van der Waals surface area contributed by atoms with Crippen molar-refractivity contribution in [1.82, 2.24) is 14.7 Å². The molecule has 19 heavy (non-hydrogen) atoms. The number of carbonyl (C=O) groups is 1. The molecule has 0 amide bonds. The number of nitrogens with zero attached hydrogens (tertiary/aromatic N) is 3. The second-order valence-electron chi connectivity index (χ2n) is 5.44. The number of hydrogen-bond acceptors (Lipinski definition) is 3. The van der Waals surface area contributed by atoms with Crippen molar-refractivity contribution in [3.63, 3.8) is 0 Å². The Kier molecular flexibility index (Phi) is 6.02. The molecule has 1 rings (SSSR count). The van der Waals surface area contributed by atoms with Gasteiger partial charge in [0.1, 0.15) is 0 Å². The van der Waals surface area contributed by atoms with E-state index in [1.807, 2.05) is 16.9 Å². The molecule has 0 atom stereocenters. The van der Waals surface area contributed by atoms with Crippen molar-refractivity contribution >= 4 is 5.97 Å². The third kappa shape index (κ3) is 5.42. The number of carboxylic acids is 1. The topological polar surface area (TPSA) is 58.4 Å². The fourth-order valence-electron chi connectivity index (χ4n) is 1.91. The van der Waals surface area contributed by atoms with Crippen molar-refractivity contribution in [3.05, 3.63) is 18.0 Å². The van der Waals surface area contributed by atoms with Gasteiger partial charge in [0.25, 0.3) is 0 Å². The molecule has 0 aliphatic rings. The summed E-state index contributed by atoms with van der Waals surface area (Å²) in [6, 6.07) is 2.79. The Morgan fingerprint density at radius 1 is 1.42 bits per heavy atom. The minimum absolute atomic E-state index is 0.226. The van der Waals surface area contributed by atoms with Crippen LogP contribution in [0.5, 0.6) is 0 Å². The van der Waals surface area contributed by atoms with Crippen LogP contribution in [0.1, 0.15) is 52.3 Å². The van der Waals surface area contributed by atoms with Gasteiger partial charge in [0, 0.05) is 31.2 Å². The predicted molar refractivity (Wildman–Crippen MR) is 75.0 cm³/mol. The van der Waals surface area contributed by atoms with Gasteiger partial charge >= 0.3 is 5.97 Å². The molecule has 0 spiro atoms. The molecular weight excluding hydrogens is 242 g/mol. The van der Waals surface area contributed by atoms with Crippen molar-refractivity contribution in [2.24, 2.45) is 0 Å². The minimum atomic E-state index is -0.729. The van der Waals surface area contributed by atoms with E-state index >= 15 is 0 Å². The molecule has 0 aliphatic heterocycles. The van der Waals surface area contributed by atoms with Crippen molar-refractivity contribution in [3.8, 4) is 0 Å². The summed E-state index contributed by atoms with van der Waals surface area (Å²) in [7, 11) is 0. The molecule has 1 heterocycles. The largest absolute Gasteiger partial charge is 0.481 e. The zero-order valence-electron chi connectivity index (χ0n) is 12.3. The number of aliphatic carboxylic acids is 1. The lowest BCUT2D eigenvalue weighted by molar-refractivity contribution is -0.137. The van der Waals surface area contributed by atoms with Gasteiger partial charge in [0.05, 0.1) is 5.69 Å². The van der Waals surface area contributed by atoms with Gasteiger partial charge in [-0.05, 0) is 46.7 Å². The van der Waals surface area contributed by atoms with Gasteiger partial charge in [-0.2, -0.15) is 5.10 Å². The van der Waals surface area contributed by atoms with E-state index in [0.717, 1.165) is 18.8 Å². The summed E-state index contributed by atoms with van der Waals surface area (Å²) in [4.78, 5) is 12.8. The molecule has 0 saturated carbocycles. The summed E-state index contributed by atoms with van der Waals surface area (Å²) in [5, 5.41) is 13.2. The smallest absolute Gasteiger partial charge is 0.303 e.